The molecular formula is C8H8N2O. The molecule has 0 atom stereocenters. The highest BCUT2D eigenvalue weighted by molar-refractivity contribution is 5.07. The van der Waals surface area contributed by atoms with Crippen molar-refractivity contribution in [2.45, 2.75) is 13.5 Å². The molecule has 1 aromatic heterocycles. The lowest BCUT2D eigenvalue weighted by molar-refractivity contribution is 0.782. The Morgan fingerprint density at radius 2 is 2.36 bits per heavy atom. The van der Waals surface area contributed by atoms with Crippen molar-refractivity contribution < 1.29 is 0 Å². The van der Waals surface area contributed by atoms with E-state index >= 15 is 0 Å². The van der Waals surface area contributed by atoms with Crippen molar-refractivity contribution in [3.05, 3.63) is 34.2 Å². The summed E-state index contributed by atoms with van der Waals surface area (Å²) < 4.78 is 1.38. The molecule has 0 amide bonds. The van der Waals surface area contributed by atoms with Gasteiger partial charge >= 0.3 is 0 Å². The normalized spacial score (nSPS) is 9.09. The Hall–Kier alpha value is -1.56. The van der Waals surface area contributed by atoms with Crippen molar-refractivity contribution in [1.82, 2.24) is 4.57 Å². The van der Waals surface area contributed by atoms with Gasteiger partial charge < -0.3 is 4.57 Å². The fourth-order valence-electron chi connectivity index (χ4n) is 0.851. The fourth-order valence-corrected chi connectivity index (χ4v) is 0.851. The van der Waals surface area contributed by atoms with E-state index in [9.17, 15) is 4.79 Å². The lowest BCUT2D eigenvalue weighted by atomic mass is 10.3. The van der Waals surface area contributed by atoms with Crippen LogP contribution in [0.4, 0.5) is 0 Å². The summed E-state index contributed by atoms with van der Waals surface area (Å²) in [6, 6.07) is 5.11. The molecule has 56 valence electrons. The van der Waals surface area contributed by atoms with Crippen LogP contribution in [0, 0.1) is 18.3 Å². The standard InChI is InChI=1S/C8H8N2O/c1-7-2-3-8(11)10(6-7)5-4-9/h2-3,6H,5H2,1H3. The van der Waals surface area contributed by atoms with E-state index in [0.717, 1.165) is 5.56 Å². The summed E-state index contributed by atoms with van der Waals surface area (Å²) in [5.41, 5.74) is 0.858. The van der Waals surface area contributed by atoms with Gasteiger partial charge in [-0.05, 0) is 12.5 Å². The van der Waals surface area contributed by atoms with Gasteiger partial charge in [0.2, 0.25) is 0 Å². The summed E-state index contributed by atoms with van der Waals surface area (Å²) in [6.07, 6.45) is 1.67. The van der Waals surface area contributed by atoms with E-state index in [1.807, 2.05) is 13.0 Å². The number of aromatic nitrogens is 1. The van der Waals surface area contributed by atoms with Gasteiger partial charge in [-0.15, -0.1) is 0 Å². The quantitative estimate of drug-likeness (QED) is 0.588. The average molecular weight is 148 g/mol. The van der Waals surface area contributed by atoms with E-state index in [0.29, 0.717) is 0 Å². The first-order chi connectivity index (χ1) is 5.24. The first-order valence-electron chi connectivity index (χ1n) is 3.28. The molecular weight excluding hydrogens is 140 g/mol. The predicted molar refractivity (Wildman–Crippen MR) is 41.1 cm³/mol. The second-order valence-corrected chi connectivity index (χ2v) is 2.33. The van der Waals surface area contributed by atoms with E-state index in [4.69, 9.17) is 5.26 Å². The molecule has 0 fully saturated rings. The van der Waals surface area contributed by atoms with Gasteiger partial charge in [0, 0.05) is 12.3 Å². The molecule has 3 heteroatoms. The van der Waals surface area contributed by atoms with Gasteiger partial charge in [-0.25, -0.2) is 0 Å². The largest absolute Gasteiger partial charge is 0.301 e. The maximum Gasteiger partial charge on any atom is 0.251 e. The van der Waals surface area contributed by atoms with E-state index in [2.05, 4.69) is 0 Å². The topological polar surface area (TPSA) is 45.8 Å². The first-order valence-corrected chi connectivity index (χ1v) is 3.28. The van der Waals surface area contributed by atoms with Crippen molar-refractivity contribution in [2.24, 2.45) is 0 Å². The minimum atomic E-state index is -0.128. The summed E-state index contributed by atoms with van der Waals surface area (Å²) >= 11 is 0. The number of pyridine rings is 1. The van der Waals surface area contributed by atoms with Gasteiger partial charge in [-0.2, -0.15) is 5.26 Å². The van der Waals surface area contributed by atoms with Gasteiger partial charge in [0.15, 0.2) is 0 Å². The van der Waals surface area contributed by atoms with Crippen molar-refractivity contribution in [2.75, 3.05) is 0 Å². The molecule has 0 aliphatic rings. The van der Waals surface area contributed by atoms with Gasteiger partial charge in [-0.3, -0.25) is 4.79 Å². The van der Waals surface area contributed by atoms with E-state index < -0.39 is 0 Å². The van der Waals surface area contributed by atoms with Crippen LogP contribution >= 0.6 is 0 Å². The average Bonchev–Trinajstić information content (AvgIpc) is 1.98. The Morgan fingerprint density at radius 3 is 3.00 bits per heavy atom. The SMILES string of the molecule is Cc1ccc(=O)n(CC#N)c1. The van der Waals surface area contributed by atoms with Crippen LogP contribution in [0.1, 0.15) is 5.56 Å². The minimum Gasteiger partial charge on any atom is -0.301 e. The van der Waals surface area contributed by atoms with Crippen LogP contribution in [-0.2, 0) is 6.54 Å². The van der Waals surface area contributed by atoms with Crippen molar-refractivity contribution in [3.8, 4) is 6.07 Å². The third-order valence-electron chi connectivity index (χ3n) is 1.37. The monoisotopic (exact) mass is 148 g/mol. The van der Waals surface area contributed by atoms with Crippen LogP contribution in [0.15, 0.2) is 23.1 Å². The van der Waals surface area contributed by atoms with Crippen molar-refractivity contribution in [3.63, 3.8) is 0 Å². The lowest BCUT2D eigenvalue weighted by Gasteiger charge is -1.98. The van der Waals surface area contributed by atoms with Gasteiger partial charge in [-0.1, -0.05) is 6.07 Å². The molecule has 0 radical (unpaired) electrons. The van der Waals surface area contributed by atoms with Crippen molar-refractivity contribution >= 4 is 0 Å². The number of rotatable bonds is 1. The van der Waals surface area contributed by atoms with E-state index in [-0.39, 0.29) is 12.1 Å². The Kier molecular flexibility index (Phi) is 2.07. The Balaban J connectivity index is 3.15. The highest BCUT2D eigenvalue weighted by atomic mass is 16.1. The molecule has 1 rings (SSSR count). The molecule has 11 heavy (non-hydrogen) atoms. The number of hydrogen-bond acceptors (Lipinski definition) is 2. The third-order valence-corrected chi connectivity index (χ3v) is 1.37. The second kappa shape index (κ2) is 3.02. The Morgan fingerprint density at radius 1 is 1.64 bits per heavy atom. The Bertz CT molecular complexity index is 346. The molecule has 0 aliphatic carbocycles. The highest BCUT2D eigenvalue weighted by Gasteiger charge is 1.92. The lowest BCUT2D eigenvalue weighted by Crippen LogP contribution is -2.17. The molecule has 3 nitrogen and oxygen atoms in total. The molecule has 0 saturated carbocycles. The number of nitriles is 1. The van der Waals surface area contributed by atoms with Gasteiger partial charge in [0.25, 0.3) is 5.56 Å². The molecule has 1 heterocycles. The fraction of sp³-hybridized carbons (Fsp3) is 0.250. The van der Waals surface area contributed by atoms with Crippen LogP contribution in [0.25, 0.3) is 0 Å². The number of aryl methyl sites for hydroxylation is 1. The Labute approximate surface area is 64.5 Å². The molecule has 0 aromatic carbocycles. The van der Waals surface area contributed by atoms with Crippen LogP contribution in [0.2, 0.25) is 0 Å². The molecule has 0 spiro atoms. The van der Waals surface area contributed by atoms with Gasteiger partial charge in [0.05, 0.1) is 6.07 Å². The van der Waals surface area contributed by atoms with Crippen LogP contribution in [0.3, 0.4) is 0 Å². The maximum atomic E-state index is 11.0. The van der Waals surface area contributed by atoms with E-state index in [1.165, 1.54) is 10.6 Å². The molecule has 0 unspecified atom stereocenters. The molecule has 0 N–H and O–H groups in total. The second-order valence-electron chi connectivity index (χ2n) is 2.33. The number of nitrogens with zero attached hydrogens (tertiary/aromatic N) is 2. The van der Waals surface area contributed by atoms with Gasteiger partial charge in [0.1, 0.15) is 6.54 Å². The first kappa shape index (κ1) is 7.55. The molecule has 0 bridgehead atoms. The summed E-state index contributed by atoms with van der Waals surface area (Å²) in [6.45, 7) is 2.01. The number of hydrogen-bond donors (Lipinski definition) is 0. The molecule has 1 aromatic rings. The summed E-state index contributed by atoms with van der Waals surface area (Å²) in [5.74, 6) is 0. The third kappa shape index (κ3) is 1.68. The molecule has 0 aliphatic heterocycles. The summed E-state index contributed by atoms with van der Waals surface area (Å²) in [4.78, 5) is 11.0. The zero-order chi connectivity index (χ0) is 8.27. The van der Waals surface area contributed by atoms with Crippen LogP contribution in [-0.4, -0.2) is 4.57 Å². The zero-order valence-corrected chi connectivity index (χ0v) is 6.24. The predicted octanol–water partition coefficient (Wildman–Crippen LogP) is 0.680. The maximum absolute atomic E-state index is 11.0. The van der Waals surface area contributed by atoms with Crippen molar-refractivity contribution in [1.29, 1.82) is 5.26 Å². The van der Waals surface area contributed by atoms with E-state index in [1.54, 1.807) is 12.3 Å². The molecule has 0 saturated heterocycles. The summed E-state index contributed by atoms with van der Waals surface area (Å²) in [5, 5.41) is 8.33. The summed E-state index contributed by atoms with van der Waals surface area (Å²) in [7, 11) is 0. The minimum absolute atomic E-state index is 0.126. The highest BCUT2D eigenvalue weighted by Crippen LogP contribution is 1.90. The van der Waals surface area contributed by atoms with Crippen LogP contribution in [0.5, 0.6) is 0 Å². The zero-order valence-electron chi connectivity index (χ0n) is 6.24. The smallest absolute Gasteiger partial charge is 0.251 e. The van der Waals surface area contributed by atoms with Crippen LogP contribution < -0.4 is 5.56 Å².